The van der Waals surface area contributed by atoms with Gasteiger partial charge in [-0.1, -0.05) is 5.21 Å². The van der Waals surface area contributed by atoms with Gasteiger partial charge >= 0.3 is 0 Å². The lowest BCUT2D eigenvalue weighted by Crippen LogP contribution is -2.39. The van der Waals surface area contributed by atoms with Crippen LogP contribution in [-0.2, 0) is 17.1 Å². The van der Waals surface area contributed by atoms with Crippen LogP contribution < -0.4 is 5.32 Å². The first-order valence-electron chi connectivity index (χ1n) is 6.18. The van der Waals surface area contributed by atoms with E-state index in [-0.39, 0.29) is 23.5 Å². The van der Waals surface area contributed by atoms with Gasteiger partial charge in [0.1, 0.15) is 0 Å². The third-order valence-corrected chi connectivity index (χ3v) is 5.67. The lowest BCUT2D eigenvalue weighted by atomic mass is 10.1. The fourth-order valence-corrected chi connectivity index (χ4v) is 4.31. The molecule has 7 nitrogen and oxygen atoms in total. The minimum absolute atomic E-state index is 0. The maximum absolute atomic E-state index is 12.5. The van der Waals surface area contributed by atoms with Crippen LogP contribution in [0.1, 0.15) is 19.3 Å². The van der Waals surface area contributed by atoms with E-state index in [4.69, 9.17) is 0 Å². The normalized spacial score (nSPS) is 27.8. The number of nitrogens with zero attached hydrogens (tertiary/aromatic N) is 4. The summed E-state index contributed by atoms with van der Waals surface area (Å²) < 4.78 is 27.9. The van der Waals surface area contributed by atoms with Crippen LogP contribution in [0.2, 0.25) is 0 Å². The molecule has 2 saturated heterocycles. The number of hydrogen-bond donors (Lipinski definition) is 1. The van der Waals surface area contributed by atoms with Crippen LogP contribution in [0.4, 0.5) is 0 Å². The molecule has 108 valence electrons. The number of sulfonamides is 1. The minimum Gasteiger partial charge on any atom is -0.310 e. The van der Waals surface area contributed by atoms with Gasteiger partial charge in [-0.3, -0.25) is 0 Å². The van der Waals surface area contributed by atoms with Gasteiger partial charge in [0.15, 0.2) is 5.03 Å². The van der Waals surface area contributed by atoms with Gasteiger partial charge in [0, 0.05) is 32.2 Å². The van der Waals surface area contributed by atoms with Crippen LogP contribution in [0, 0.1) is 0 Å². The minimum atomic E-state index is -3.46. The van der Waals surface area contributed by atoms with Gasteiger partial charge in [0.2, 0.25) is 0 Å². The topological polar surface area (TPSA) is 80.1 Å². The Balaban J connectivity index is 0.00000133. The molecule has 2 atom stereocenters. The molecule has 0 saturated carbocycles. The standard InChI is InChI=1S/C10H17N5O2S.ClH/c1-14-10(6-11-13-14)18(16,17)15-5-4-8-2-3-9(7-15)12-8;/h6,8-9,12H,2-5,7H2,1H3;1H. The molecule has 19 heavy (non-hydrogen) atoms. The maximum Gasteiger partial charge on any atom is 0.261 e. The summed E-state index contributed by atoms with van der Waals surface area (Å²) in [6.45, 7) is 1.12. The molecule has 0 spiro atoms. The highest BCUT2D eigenvalue weighted by atomic mass is 35.5. The fraction of sp³-hybridized carbons (Fsp3) is 0.800. The third kappa shape index (κ3) is 2.62. The van der Waals surface area contributed by atoms with E-state index < -0.39 is 10.0 Å². The predicted molar refractivity (Wildman–Crippen MR) is 71.6 cm³/mol. The quantitative estimate of drug-likeness (QED) is 0.815. The molecule has 2 bridgehead atoms. The third-order valence-electron chi connectivity index (χ3n) is 3.76. The van der Waals surface area contributed by atoms with Crippen LogP contribution in [0.25, 0.3) is 0 Å². The average Bonchev–Trinajstić information content (AvgIpc) is 2.84. The lowest BCUT2D eigenvalue weighted by molar-refractivity contribution is 0.379. The molecule has 1 aromatic heterocycles. The number of halogens is 1. The van der Waals surface area contributed by atoms with Crippen LogP contribution in [-0.4, -0.2) is 52.9 Å². The van der Waals surface area contributed by atoms with Crippen LogP contribution >= 0.6 is 12.4 Å². The van der Waals surface area contributed by atoms with E-state index in [0.29, 0.717) is 19.1 Å². The van der Waals surface area contributed by atoms with E-state index in [0.717, 1.165) is 19.3 Å². The highest BCUT2D eigenvalue weighted by molar-refractivity contribution is 7.89. The molecular formula is C10H18ClN5O2S. The lowest BCUT2D eigenvalue weighted by Gasteiger charge is -2.23. The van der Waals surface area contributed by atoms with E-state index in [9.17, 15) is 8.42 Å². The van der Waals surface area contributed by atoms with Crippen molar-refractivity contribution in [2.45, 2.75) is 36.4 Å². The van der Waals surface area contributed by atoms with E-state index >= 15 is 0 Å². The summed E-state index contributed by atoms with van der Waals surface area (Å²) >= 11 is 0. The molecule has 0 radical (unpaired) electrons. The molecule has 2 aliphatic heterocycles. The van der Waals surface area contributed by atoms with Crippen molar-refractivity contribution >= 4 is 22.4 Å². The van der Waals surface area contributed by atoms with Crippen LogP contribution in [0.3, 0.4) is 0 Å². The van der Waals surface area contributed by atoms with Crippen LogP contribution in [0.5, 0.6) is 0 Å². The fourth-order valence-electron chi connectivity index (χ4n) is 2.78. The molecule has 3 heterocycles. The smallest absolute Gasteiger partial charge is 0.261 e. The van der Waals surface area contributed by atoms with E-state index in [1.807, 2.05) is 0 Å². The Kier molecular flexibility index (Phi) is 4.14. The summed E-state index contributed by atoms with van der Waals surface area (Å²) in [4.78, 5) is 0. The highest BCUT2D eigenvalue weighted by Gasteiger charge is 2.36. The molecule has 1 aromatic rings. The Morgan fingerprint density at radius 1 is 1.32 bits per heavy atom. The van der Waals surface area contributed by atoms with Crippen molar-refractivity contribution in [3.05, 3.63) is 6.20 Å². The highest BCUT2D eigenvalue weighted by Crippen LogP contribution is 2.24. The Hall–Kier alpha value is -0.700. The average molecular weight is 308 g/mol. The number of fused-ring (bicyclic) bond motifs is 2. The molecule has 3 rings (SSSR count). The first kappa shape index (κ1) is 14.7. The van der Waals surface area contributed by atoms with E-state index in [1.54, 1.807) is 11.4 Å². The molecule has 2 aliphatic rings. The second-order valence-electron chi connectivity index (χ2n) is 4.99. The monoisotopic (exact) mass is 307 g/mol. The zero-order valence-electron chi connectivity index (χ0n) is 10.7. The van der Waals surface area contributed by atoms with Crippen molar-refractivity contribution in [3.63, 3.8) is 0 Å². The number of aryl methyl sites for hydroxylation is 1. The second kappa shape index (κ2) is 5.35. The van der Waals surface area contributed by atoms with Crippen molar-refractivity contribution in [1.29, 1.82) is 0 Å². The molecule has 0 aromatic carbocycles. The Labute approximate surface area is 118 Å². The van der Waals surface area contributed by atoms with Gasteiger partial charge in [-0.25, -0.2) is 13.1 Å². The van der Waals surface area contributed by atoms with Crippen LogP contribution in [0.15, 0.2) is 11.2 Å². The van der Waals surface area contributed by atoms with Gasteiger partial charge in [0.05, 0.1) is 6.20 Å². The zero-order chi connectivity index (χ0) is 12.8. The summed E-state index contributed by atoms with van der Waals surface area (Å²) in [6.07, 6.45) is 4.40. The van der Waals surface area contributed by atoms with Crippen molar-refractivity contribution < 1.29 is 8.42 Å². The molecule has 9 heteroatoms. The molecule has 2 unspecified atom stereocenters. The summed E-state index contributed by atoms with van der Waals surface area (Å²) in [5.41, 5.74) is 0. The summed E-state index contributed by atoms with van der Waals surface area (Å²) in [5.74, 6) is 0. The van der Waals surface area contributed by atoms with E-state index in [2.05, 4.69) is 15.6 Å². The maximum atomic E-state index is 12.5. The predicted octanol–water partition coefficient (Wildman–Crippen LogP) is -0.248. The van der Waals surface area contributed by atoms with Gasteiger partial charge in [-0.2, -0.15) is 4.31 Å². The molecule has 0 aliphatic carbocycles. The Bertz CT molecular complexity index is 546. The molecule has 0 amide bonds. The van der Waals surface area contributed by atoms with Crippen molar-refractivity contribution in [2.75, 3.05) is 13.1 Å². The second-order valence-corrected chi connectivity index (χ2v) is 6.87. The number of nitrogens with one attached hydrogen (secondary N) is 1. The van der Waals surface area contributed by atoms with Crippen molar-refractivity contribution in [2.24, 2.45) is 7.05 Å². The van der Waals surface area contributed by atoms with Crippen molar-refractivity contribution in [1.82, 2.24) is 24.6 Å². The first-order valence-corrected chi connectivity index (χ1v) is 7.62. The Morgan fingerprint density at radius 2 is 2.05 bits per heavy atom. The SMILES string of the molecule is Cl.Cn1nncc1S(=O)(=O)N1CCC2CCC(C1)N2. The zero-order valence-corrected chi connectivity index (χ0v) is 12.3. The van der Waals surface area contributed by atoms with E-state index in [1.165, 1.54) is 10.9 Å². The molecule has 2 fully saturated rings. The Morgan fingerprint density at radius 3 is 2.74 bits per heavy atom. The summed E-state index contributed by atoms with van der Waals surface area (Å²) in [5, 5.41) is 11.0. The number of hydrogen-bond acceptors (Lipinski definition) is 5. The van der Waals surface area contributed by atoms with Gasteiger partial charge < -0.3 is 5.32 Å². The molecule has 1 N–H and O–H groups in total. The number of aromatic nitrogens is 3. The molecular weight excluding hydrogens is 290 g/mol. The van der Waals surface area contributed by atoms with Crippen molar-refractivity contribution in [3.8, 4) is 0 Å². The summed E-state index contributed by atoms with van der Waals surface area (Å²) in [7, 11) is -1.86. The summed E-state index contributed by atoms with van der Waals surface area (Å²) in [6, 6.07) is 0.758. The first-order chi connectivity index (χ1) is 8.57. The van der Waals surface area contributed by atoms with Gasteiger partial charge in [0.25, 0.3) is 10.0 Å². The van der Waals surface area contributed by atoms with Gasteiger partial charge in [-0.15, -0.1) is 17.5 Å². The largest absolute Gasteiger partial charge is 0.310 e. The van der Waals surface area contributed by atoms with Gasteiger partial charge in [-0.05, 0) is 19.3 Å². The number of rotatable bonds is 2.